The summed E-state index contributed by atoms with van der Waals surface area (Å²) in [5.74, 6) is 7.61. The molecule has 1 heterocycles. The zero-order chi connectivity index (χ0) is 14.5. The van der Waals surface area contributed by atoms with Gasteiger partial charge in [-0.25, -0.2) is 15.8 Å². The summed E-state index contributed by atoms with van der Waals surface area (Å²) in [5.41, 5.74) is 5.48. The summed E-state index contributed by atoms with van der Waals surface area (Å²) in [5, 5.41) is 0. The Balaban J connectivity index is 2.58. The maximum Gasteiger partial charge on any atom is 0.165 e. The van der Waals surface area contributed by atoms with Crippen molar-refractivity contribution in [3.8, 4) is 17.1 Å². The molecule has 0 bridgehead atoms. The lowest BCUT2D eigenvalue weighted by molar-refractivity contribution is 0.341. The van der Waals surface area contributed by atoms with Crippen LogP contribution in [0.5, 0.6) is 5.75 Å². The van der Waals surface area contributed by atoms with E-state index in [4.69, 9.17) is 10.6 Å². The van der Waals surface area contributed by atoms with Crippen molar-refractivity contribution in [1.82, 2.24) is 9.97 Å². The van der Waals surface area contributed by atoms with E-state index in [1.54, 1.807) is 0 Å². The van der Waals surface area contributed by atoms with Gasteiger partial charge in [0.2, 0.25) is 0 Å². The SMILES string of the molecule is CCOc1ccccc1-c1nc(CC)c(C)c(NN)n1. The quantitative estimate of drug-likeness (QED) is 0.646. The molecule has 0 saturated heterocycles. The monoisotopic (exact) mass is 272 g/mol. The zero-order valence-corrected chi connectivity index (χ0v) is 12.1. The molecule has 0 aliphatic rings. The summed E-state index contributed by atoms with van der Waals surface area (Å²) >= 11 is 0. The second-order valence-electron chi connectivity index (χ2n) is 4.39. The third kappa shape index (κ3) is 2.72. The third-order valence-corrected chi connectivity index (χ3v) is 3.15. The fraction of sp³-hybridized carbons (Fsp3) is 0.333. The first kappa shape index (κ1) is 14.3. The number of aromatic nitrogens is 2. The standard InChI is InChI=1S/C15H20N4O/c1-4-12-10(3)14(19-16)18-15(17-12)11-8-6-7-9-13(11)20-5-2/h6-9H,4-5,16H2,1-3H3,(H,17,18,19). The highest BCUT2D eigenvalue weighted by molar-refractivity contribution is 5.66. The van der Waals surface area contributed by atoms with Crippen molar-refractivity contribution in [2.24, 2.45) is 5.84 Å². The molecule has 3 N–H and O–H groups in total. The highest BCUT2D eigenvalue weighted by Gasteiger charge is 2.13. The average molecular weight is 272 g/mol. The molecule has 20 heavy (non-hydrogen) atoms. The Kier molecular flexibility index (Phi) is 4.53. The lowest BCUT2D eigenvalue weighted by Crippen LogP contribution is -2.13. The van der Waals surface area contributed by atoms with Gasteiger partial charge in [0.1, 0.15) is 11.6 Å². The normalized spacial score (nSPS) is 10.4. The van der Waals surface area contributed by atoms with E-state index in [1.165, 1.54) is 0 Å². The van der Waals surface area contributed by atoms with E-state index < -0.39 is 0 Å². The number of hydrogen-bond acceptors (Lipinski definition) is 5. The van der Waals surface area contributed by atoms with Gasteiger partial charge in [0.25, 0.3) is 0 Å². The van der Waals surface area contributed by atoms with E-state index in [-0.39, 0.29) is 0 Å². The topological polar surface area (TPSA) is 73.1 Å². The van der Waals surface area contributed by atoms with Gasteiger partial charge in [0, 0.05) is 11.3 Å². The van der Waals surface area contributed by atoms with Crippen LogP contribution in [0.1, 0.15) is 25.1 Å². The number of hydrogen-bond donors (Lipinski definition) is 2. The first-order valence-corrected chi connectivity index (χ1v) is 6.77. The molecule has 0 spiro atoms. The lowest BCUT2D eigenvalue weighted by Gasteiger charge is -2.13. The Morgan fingerprint density at radius 1 is 1.20 bits per heavy atom. The molecule has 2 rings (SSSR count). The van der Waals surface area contributed by atoms with Crippen LogP contribution in [-0.2, 0) is 6.42 Å². The van der Waals surface area contributed by atoms with E-state index in [1.807, 2.05) is 38.1 Å². The number of ether oxygens (including phenoxy) is 1. The maximum atomic E-state index is 5.64. The van der Waals surface area contributed by atoms with Gasteiger partial charge in [-0.2, -0.15) is 0 Å². The van der Waals surface area contributed by atoms with Crippen LogP contribution in [0, 0.1) is 6.92 Å². The van der Waals surface area contributed by atoms with Gasteiger partial charge in [0.05, 0.1) is 12.2 Å². The van der Waals surface area contributed by atoms with Crippen LogP contribution >= 0.6 is 0 Å². The van der Waals surface area contributed by atoms with Crippen LogP contribution in [0.15, 0.2) is 24.3 Å². The number of nitrogens with two attached hydrogens (primary N) is 1. The number of nitrogens with zero attached hydrogens (tertiary/aromatic N) is 2. The molecule has 106 valence electrons. The van der Waals surface area contributed by atoms with Crippen LogP contribution in [0.2, 0.25) is 0 Å². The molecule has 2 aromatic rings. The molecule has 0 unspecified atom stereocenters. The molecule has 5 heteroatoms. The van der Waals surface area contributed by atoms with Crippen LogP contribution in [0.25, 0.3) is 11.4 Å². The molecular formula is C15H20N4O. The van der Waals surface area contributed by atoms with E-state index in [9.17, 15) is 0 Å². The molecule has 0 atom stereocenters. The van der Waals surface area contributed by atoms with Gasteiger partial charge in [-0.05, 0) is 32.4 Å². The van der Waals surface area contributed by atoms with Crippen molar-refractivity contribution in [1.29, 1.82) is 0 Å². The van der Waals surface area contributed by atoms with Gasteiger partial charge in [0.15, 0.2) is 5.82 Å². The molecule has 0 aliphatic heterocycles. The fourth-order valence-corrected chi connectivity index (χ4v) is 2.10. The fourth-order valence-electron chi connectivity index (χ4n) is 2.10. The lowest BCUT2D eigenvalue weighted by atomic mass is 10.1. The summed E-state index contributed by atoms with van der Waals surface area (Å²) in [6.07, 6.45) is 0.826. The molecule has 0 aliphatic carbocycles. The predicted octanol–water partition coefficient (Wildman–Crippen LogP) is 2.70. The minimum absolute atomic E-state index is 0.603. The Morgan fingerprint density at radius 3 is 2.60 bits per heavy atom. The first-order valence-electron chi connectivity index (χ1n) is 6.77. The number of para-hydroxylation sites is 1. The maximum absolute atomic E-state index is 5.64. The first-order chi connectivity index (χ1) is 9.71. The van der Waals surface area contributed by atoms with Crippen LogP contribution in [0.4, 0.5) is 5.82 Å². The van der Waals surface area contributed by atoms with E-state index in [0.717, 1.165) is 29.0 Å². The molecule has 0 amide bonds. The van der Waals surface area contributed by atoms with Gasteiger partial charge in [-0.1, -0.05) is 19.1 Å². The highest BCUT2D eigenvalue weighted by Crippen LogP contribution is 2.29. The van der Waals surface area contributed by atoms with Crippen molar-refractivity contribution in [2.45, 2.75) is 27.2 Å². The summed E-state index contributed by atoms with van der Waals surface area (Å²) in [6.45, 7) is 6.59. The number of aryl methyl sites for hydroxylation is 1. The molecule has 0 radical (unpaired) electrons. The van der Waals surface area contributed by atoms with Gasteiger partial charge < -0.3 is 10.2 Å². The number of rotatable bonds is 5. The largest absolute Gasteiger partial charge is 0.493 e. The third-order valence-electron chi connectivity index (χ3n) is 3.15. The number of hydrazine groups is 1. The van der Waals surface area contributed by atoms with Crippen molar-refractivity contribution >= 4 is 5.82 Å². The van der Waals surface area contributed by atoms with Crippen LogP contribution < -0.4 is 16.0 Å². The number of nitrogens with one attached hydrogen (secondary N) is 1. The predicted molar refractivity (Wildman–Crippen MR) is 80.6 cm³/mol. The van der Waals surface area contributed by atoms with E-state index >= 15 is 0 Å². The molecule has 0 saturated carbocycles. The summed E-state index contributed by atoms with van der Waals surface area (Å²) in [4.78, 5) is 9.11. The number of nitrogen functional groups attached to an aromatic ring is 1. The zero-order valence-electron chi connectivity index (χ0n) is 12.1. The summed E-state index contributed by atoms with van der Waals surface area (Å²) < 4.78 is 5.64. The van der Waals surface area contributed by atoms with E-state index in [0.29, 0.717) is 18.2 Å². The minimum atomic E-state index is 0.603. The smallest absolute Gasteiger partial charge is 0.165 e. The molecule has 1 aromatic carbocycles. The molecule has 5 nitrogen and oxygen atoms in total. The van der Waals surface area contributed by atoms with Gasteiger partial charge in [-0.15, -0.1) is 0 Å². The average Bonchev–Trinajstić information content (AvgIpc) is 2.48. The molecule has 0 fully saturated rings. The molecule has 1 aromatic heterocycles. The van der Waals surface area contributed by atoms with Crippen molar-refractivity contribution in [3.63, 3.8) is 0 Å². The second kappa shape index (κ2) is 6.34. The van der Waals surface area contributed by atoms with E-state index in [2.05, 4.69) is 22.3 Å². The number of anilines is 1. The Labute approximate surface area is 119 Å². The highest BCUT2D eigenvalue weighted by atomic mass is 16.5. The number of benzene rings is 1. The Morgan fingerprint density at radius 2 is 1.95 bits per heavy atom. The molecular weight excluding hydrogens is 252 g/mol. The minimum Gasteiger partial charge on any atom is -0.493 e. The van der Waals surface area contributed by atoms with Crippen LogP contribution in [0.3, 0.4) is 0 Å². The van der Waals surface area contributed by atoms with Crippen molar-refractivity contribution in [3.05, 3.63) is 35.5 Å². The Hall–Kier alpha value is -2.14. The second-order valence-corrected chi connectivity index (χ2v) is 4.39. The van der Waals surface area contributed by atoms with Gasteiger partial charge >= 0.3 is 0 Å². The Bertz CT molecular complexity index is 573. The summed E-state index contributed by atoms with van der Waals surface area (Å²) in [6, 6.07) is 7.76. The summed E-state index contributed by atoms with van der Waals surface area (Å²) in [7, 11) is 0. The van der Waals surface area contributed by atoms with Crippen molar-refractivity contribution < 1.29 is 4.74 Å². The van der Waals surface area contributed by atoms with Gasteiger partial charge in [-0.3, -0.25) is 0 Å². The van der Waals surface area contributed by atoms with Crippen LogP contribution in [-0.4, -0.2) is 16.6 Å². The van der Waals surface area contributed by atoms with Crippen molar-refractivity contribution in [2.75, 3.05) is 12.0 Å².